The average Bonchev–Trinajstić information content (AvgIpc) is 2.94. The Bertz CT molecular complexity index is 1740. The first-order valence-electron chi connectivity index (χ1n) is 12.5. The van der Waals surface area contributed by atoms with Gasteiger partial charge in [0.15, 0.2) is 0 Å². The molecule has 0 radical (unpaired) electrons. The van der Waals surface area contributed by atoms with Crippen LogP contribution in [0.4, 0.5) is 0 Å². The molecule has 0 aliphatic heterocycles. The number of ether oxygens (including phenoxy) is 1. The summed E-state index contributed by atoms with van der Waals surface area (Å²) in [6.45, 7) is 2.69. The number of hydrogen-bond acceptors (Lipinski definition) is 5. The third kappa shape index (κ3) is 4.93. The summed E-state index contributed by atoms with van der Waals surface area (Å²) >= 11 is 0. The number of nitrogens with one attached hydrogen (secondary N) is 2. The highest BCUT2D eigenvalue weighted by Gasteiger charge is 2.18. The minimum Gasteiger partial charge on any atom is -0.497 e. The van der Waals surface area contributed by atoms with Crippen molar-refractivity contribution >= 4 is 22.6 Å². The SMILES string of the molecule is COc1ccc(CCn2c(=N)c(C(=O)NCCc3ccccc3)cc3c(=O)n4cccc(C)c4nc32)cc1. The van der Waals surface area contributed by atoms with Crippen LogP contribution in [0.1, 0.15) is 27.0 Å². The second kappa shape index (κ2) is 10.7. The third-order valence-corrected chi connectivity index (χ3v) is 6.70. The molecule has 0 bridgehead atoms. The fourth-order valence-electron chi connectivity index (χ4n) is 4.58. The second-order valence-corrected chi connectivity index (χ2v) is 9.19. The predicted octanol–water partition coefficient (Wildman–Crippen LogP) is 3.66. The molecule has 0 saturated carbocycles. The van der Waals surface area contributed by atoms with E-state index in [0.29, 0.717) is 42.6 Å². The van der Waals surface area contributed by atoms with Crippen molar-refractivity contribution in [2.75, 3.05) is 13.7 Å². The van der Waals surface area contributed by atoms with Gasteiger partial charge in [-0.05, 0) is 60.7 Å². The zero-order chi connectivity index (χ0) is 26.6. The van der Waals surface area contributed by atoms with E-state index in [2.05, 4.69) is 5.32 Å². The molecule has 0 saturated heterocycles. The molecule has 5 aromatic rings. The van der Waals surface area contributed by atoms with Crippen LogP contribution in [-0.2, 0) is 19.4 Å². The van der Waals surface area contributed by atoms with E-state index in [1.54, 1.807) is 23.9 Å². The average molecular weight is 508 g/mol. The maximum Gasteiger partial charge on any atom is 0.267 e. The van der Waals surface area contributed by atoms with Crippen LogP contribution in [-0.4, -0.2) is 33.5 Å². The van der Waals surface area contributed by atoms with Crippen molar-refractivity contribution < 1.29 is 9.53 Å². The number of fused-ring (bicyclic) bond motifs is 2. The quantitative estimate of drug-likeness (QED) is 0.313. The molecule has 0 spiro atoms. The van der Waals surface area contributed by atoms with Gasteiger partial charge >= 0.3 is 0 Å². The fourth-order valence-corrected chi connectivity index (χ4v) is 4.58. The highest BCUT2D eigenvalue weighted by atomic mass is 16.5. The Morgan fingerprint density at radius 1 is 0.974 bits per heavy atom. The van der Waals surface area contributed by atoms with Crippen LogP contribution < -0.4 is 21.1 Å². The molecule has 38 heavy (non-hydrogen) atoms. The number of aryl methyl sites for hydroxylation is 3. The summed E-state index contributed by atoms with van der Waals surface area (Å²) in [5, 5.41) is 12.2. The predicted molar refractivity (Wildman–Crippen MR) is 147 cm³/mol. The van der Waals surface area contributed by atoms with Gasteiger partial charge < -0.3 is 14.6 Å². The second-order valence-electron chi connectivity index (χ2n) is 9.19. The minimum atomic E-state index is -0.389. The fraction of sp³-hybridized carbons (Fsp3) is 0.200. The Labute approximate surface area is 219 Å². The van der Waals surface area contributed by atoms with Gasteiger partial charge in [-0.1, -0.05) is 48.5 Å². The molecule has 3 aromatic heterocycles. The molecule has 3 heterocycles. The molecule has 0 aliphatic carbocycles. The Morgan fingerprint density at radius 3 is 2.45 bits per heavy atom. The van der Waals surface area contributed by atoms with E-state index < -0.39 is 0 Å². The van der Waals surface area contributed by atoms with Gasteiger partial charge in [0.05, 0.1) is 18.1 Å². The maximum absolute atomic E-state index is 13.5. The van der Waals surface area contributed by atoms with Crippen molar-refractivity contribution in [1.29, 1.82) is 5.41 Å². The molecule has 192 valence electrons. The highest BCUT2D eigenvalue weighted by molar-refractivity contribution is 5.96. The molecule has 8 heteroatoms. The van der Waals surface area contributed by atoms with E-state index in [4.69, 9.17) is 15.1 Å². The number of nitrogens with zero attached hydrogens (tertiary/aromatic N) is 3. The normalized spacial score (nSPS) is 11.1. The van der Waals surface area contributed by atoms with Crippen molar-refractivity contribution in [2.24, 2.45) is 0 Å². The van der Waals surface area contributed by atoms with Crippen LogP contribution in [0.2, 0.25) is 0 Å². The van der Waals surface area contributed by atoms with Crippen molar-refractivity contribution in [3.8, 4) is 5.75 Å². The summed E-state index contributed by atoms with van der Waals surface area (Å²) in [4.78, 5) is 31.6. The zero-order valence-electron chi connectivity index (χ0n) is 21.4. The molecule has 8 nitrogen and oxygen atoms in total. The first kappa shape index (κ1) is 25.0. The van der Waals surface area contributed by atoms with Gasteiger partial charge in [0, 0.05) is 19.3 Å². The molecular weight excluding hydrogens is 478 g/mol. The van der Waals surface area contributed by atoms with Crippen LogP contribution in [0.3, 0.4) is 0 Å². The maximum atomic E-state index is 13.5. The first-order valence-corrected chi connectivity index (χ1v) is 12.5. The van der Waals surface area contributed by atoms with Crippen LogP contribution in [0.15, 0.2) is 83.8 Å². The number of amides is 1. The van der Waals surface area contributed by atoms with E-state index in [1.807, 2.05) is 67.6 Å². The number of carbonyl (C=O) groups is 1. The van der Waals surface area contributed by atoms with Gasteiger partial charge in [0.25, 0.3) is 11.5 Å². The summed E-state index contributed by atoms with van der Waals surface area (Å²) in [7, 11) is 1.62. The lowest BCUT2D eigenvalue weighted by atomic mass is 10.1. The summed E-state index contributed by atoms with van der Waals surface area (Å²) in [6, 6.07) is 22.8. The van der Waals surface area contributed by atoms with E-state index >= 15 is 0 Å². The van der Waals surface area contributed by atoms with Gasteiger partial charge in [0.2, 0.25) is 0 Å². The number of rotatable bonds is 8. The summed E-state index contributed by atoms with van der Waals surface area (Å²) in [5.41, 5.74) is 3.81. The molecule has 5 rings (SSSR count). The lowest BCUT2D eigenvalue weighted by Crippen LogP contribution is -2.36. The molecule has 0 unspecified atom stereocenters. The monoisotopic (exact) mass is 507 g/mol. The molecule has 2 aromatic carbocycles. The van der Waals surface area contributed by atoms with Gasteiger partial charge in [-0.15, -0.1) is 0 Å². The Balaban J connectivity index is 1.55. The Kier molecular flexibility index (Phi) is 7.04. The molecule has 0 aliphatic rings. The summed E-state index contributed by atoms with van der Waals surface area (Å²) in [6.07, 6.45) is 2.93. The van der Waals surface area contributed by atoms with Crippen LogP contribution in [0, 0.1) is 12.3 Å². The van der Waals surface area contributed by atoms with Crippen molar-refractivity contribution in [3.63, 3.8) is 0 Å². The van der Waals surface area contributed by atoms with E-state index in [-0.39, 0.29) is 22.5 Å². The topological polar surface area (TPSA) is 101 Å². The molecule has 0 atom stereocenters. The van der Waals surface area contributed by atoms with E-state index in [9.17, 15) is 9.59 Å². The number of hydrogen-bond donors (Lipinski definition) is 2. The molecule has 2 N–H and O–H groups in total. The smallest absolute Gasteiger partial charge is 0.267 e. The van der Waals surface area contributed by atoms with Crippen molar-refractivity contribution in [3.05, 3.63) is 117 Å². The molecular formula is C30H29N5O3. The molecule has 0 fully saturated rings. The number of methoxy groups -OCH3 is 1. The van der Waals surface area contributed by atoms with Gasteiger partial charge in [0.1, 0.15) is 22.5 Å². The van der Waals surface area contributed by atoms with E-state index in [1.165, 1.54) is 10.5 Å². The third-order valence-electron chi connectivity index (χ3n) is 6.70. The zero-order valence-corrected chi connectivity index (χ0v) is 21.4. The van der Waals surface area contributed by atoms with Crippen LogP contribution >= 0.6 is 0 Å². The van der Waals surface area contributed by atoms with Crippen LogP contribution in [0.5, 0.6) is 5.75 Å². The van der Waals surface area contributed by atoms with Crippen molar-refractivity contribution in [1.82, 2.24) is 19.3 Å². The largest absolute Gasteiger partial charge is 0.497 e. The minimum absolute atomic E-state index is 0.0213. The van der Waals surface area contributed by atoms with Gasteiger partial charge in [-0.3, -0.25) is 19.4 Å². The summed E-state index contributed by atoms with van der Waals surface area (Å²) in [5.74, 6) is 0.374. The Morgan fingerprint density at radius 2 is 1.71 bits per heavy atom. The Hall–Kier alpha value is -4.72. The van der Waals surface area contributed by atoms with Gasteiger partial charge in [-0.25, -0.2) is 4.98 Å². The number of benzene rings is 2. The van der Waals surface area contributed by atoms with Crippen molar-refractivity contribution in [2.45, 2.75) is 26.3 Å². The standard InChI is InChI=1S/C30H29N5O3/c1-20-7-6-17-35-27(20)33-28-25(30(35)37)19-24(29(36)32-16-14-21-8-4-3-5-9-21)26(31)34(28)18-15-22-10-12-23(38-2)13-11-22/h3-13,17,19,31H,14-16,18H2,1-2H3,(H,32,36). The first-order chi connectivity index (χ1) is 18.5. The lowest BCUT2D eigenvalue weighted by molar-refractivity contribution is 0.0951. The number of pyridine rings is 2. The highest BCUT2D eigenvalue weighted by Crippen LogP contribution is 2.15. The van der Waals surface area contributed by atoms with E-state index in [0.717, 1.165) is 22.4 Å². The van der Waals surface area contributed by atoms with Gasteiger partial charge in [-0.2, -0.15) is 0 Å². The lowest BCUT2D eigenvalue weighted by Gasteiger charge is -2.15. The summed E-state index contributed by atoms with van der Waals surface area (Å²) < 4.78 is 8.41. The number of aromatic nitrogens is 3. The number of carbonyl (C=O) groups excluding carboxylic acids is 1. The molecule has 1 amide bonds. The van der Waals surface area contributed by atoms with Crippen LogP contribution in [0.25, 0.3) is 16.7 Å².